The molecule has 2 saturated heterocycles. The van der Waals surface area contributed by atoms with Gasteiger partial charge in [0, 0.05) is 49.6 Å². The van der Waals surface area contributed by atoms with E-state index in [0.29, 0.717) is 12.1 Å². The smallest absolute Gasteiger partial charge is 0.0359 e. The summed E-state index contributed by atoms with van der Waals surface area (Å²) in [6.45, 7) is 8.26. The predicted molar refractivity (Wildman–Crippen MR) is 199 cm³/mol. The lowest BCUT2D eigenvalue weighted by atomic mass is 10.0. The number of nitrogens with zero attached hydrogens (tertiary/aromatic N) is 2. The van der Waals surface area contributed by atoms with Gasteiger partial charge in [0.15, 0.2) is 0 Å². The van der Waals surface area contributed by atoms with Gasteiger partial charge in [-0.2, -0.15) is 0 Å². The van der Waals surface area contributed by atoms with Gasteiger partial charge in [-0.3, -0.25) is 9.80 Å². The molecular weight excluding hydrogens is 611 g/mol. The fourth-order valence-electron chi connectivity index (χ4n) is 6.40. The van der Waals surface area contributed by atoms with Crippen LogP contribution in [-0.2, 0) is 26.2 Å². The molecule has 6 N–H and O–H groups in total. The molecule has 6 rings (SSSR count). The summed E-state index contributed by atoms with van der Waals surface area (Å²) < 4.78 is 0. The van der Waals surface area contributed by atoms with E-state index in [2.05, 4.69) is 105 Å². The van der Waals surface area contributed by atoms with Crippen LogP contribution in [0.1, 0.15) is 47.9 Å². The third-order valence-electron chi connectivity index (χ3n) is 8.96. The molecule has 0 aliphatic carbocycles. The molecule has 0 atom stereocenters. The lowest BCUT2D eigenvalue weighted by Gasteiger charge is -2.35. The lowest BCUT2D eigenvalue weighted by molar-refractivity contribution is 0.146. The van der Waals surface area contributed by atoms with Crippen LogP contribution in [-0.4, -0.2) is 48.1 Å². The van der Waals surface area contributed by atoms with Crippen molar-refractivity contribution >= 4 is 36.2 Å². The van der Waals surface area contributed by atoms with E-state index >= 15 is 0 Å². The summed E-state index contributed by atoms with van der Waals surface area (Å²) in [5.74, 6) is 0. The first-order chi connectivity index (χ1) is 21.7. The molecule has 46 heavy (non-hydrogen) atoms. The SMILES string of the molecule is Cl.Cl.Nc1ccccc1CN(Cc1ccccc1)C1CCNCC1.Nc1ccccc1CN(Cc1ccccc1)C1CCNCC1. The summed E-state index contributed by atoms with van der Waals surface area (Å²) in [6, 6.07) is 39.2. The number of nitrogens with one attached hydrogen (secondary N) is 2. The quantitative estimate of drug-likeness (QED) is 0.139. The minimum atomic E-state index is 0. The van der Waals surface area contributed by atoms with E-state index in [1.54, 1.807) is 0 Å². The Labute approximate surface area is 288 Å². The van der Waals surface area contributed by atoms with Gasteiger partial charge in [0.2, 0.25) is 0 Å². The Morgan fingerprint density at radius 3 is 1.13 bits per heavy atom. The van der Waals surface area contributed by atoms with Crippen LogP contribution in [0.25, 0.3) is 0 Å². The van der Waals surface area contributed by atoms with Crippen LogP contribution in [0.2, 0.25) is 0 Å². The van der Waals surface area contributed by atoms with E-state index in [-0.39, 0.29) is 24.8 Å². The largest absolute Gasteiger partial charge is 0.398 e. The van der Waals surface area contributed by atoms with Crippen LogP contribution < -0.4 is 22.1 Å². The maximum Gasteiger partial charge on any atom is 0.0359 e. The van der Waals surface area contributed by atoms with Crippen molar-refractivity contribution < 1.29 is 0 Å². The summed E-state index contributed by atoms with van der Waals surface area (Å²) >= 11 is 0. The summed E-state index contributed by atoms with van der Waals surface area (Å²) in [5, 5.41) is 6.91. The maximum absolute atomic E-state index is 6.15. The Morgan fingerprint density at radius 1 is 0.457 bits per heavy atom. The predicted octanol–water partition coefficient (Wildman–Crippen LogP) is 6.89. The molecule has 0 aromatic heterocycles. The van der Waals surface area contributed by atoms with Gasteiger partial charge >= 0.3 is 0 Å². The molecule has 2 fully saturated rings. The van der Waals surface area contributed by atoms with Crippen molar-refractivity contribution in [2.45, 2.75) is 63.9 Å². The van der Waals surface area contributed by atoms with Crippen molar-refractivity contribution in [2.75, 3.05) is 37.6 Å². The van der Waals surface area contributed by atoms with E-state index in [0.717, 1.165) is 63.7 Å². The van der Waals surface area contributed by atoms with E-state index in [4.69, 9.17) is 11.5 Å². The van der Waals surface area contributed by atoms with Crippen molar-refractivity contribution in [1.29, 1.82) is 0 Å². The normalized spacial score (nSPS) is 15.3. The van der Waals surface area contributed by atoms with Gasteiger partial charge in [0.05, 0.1) is 0 Å². The van der Waals surface area contributed by atoms with Gasteiger partial charge in [-0.15, -0.1) is 24.8 Å². The van der Waals surface area contributed by atoms with Crippen LogP contribution in [0.15, 0.2) is 109 Å². The van der Waals surface area contributed by atoms with E-state index in [1.807, 2.05) is 24.3 Å². The first kappa shape index (κ1) is 37.4. The van der Waals surface area contributed by atoms with Crippen molar-refractivity contribution in [3.8, 4) is 0 Å². The fourth-order valence-corrected chi connectivity index (χ4v) is 6.40. The number of hydrogen-bond acceptors (Lipinski definition) is 6. The number of para-hydroxylation sites is 2. The minimum absolute atomic E-state index is 0. The number of rotatable bonds is 10. The highest BCUT2D eigenvalue weighted by molar-refractivity contribution is 5.85. The van der Waals surface area contributed by atoms with Crippen molar-refractivity contribution in [2.24, 2.45) is 0 Å². The number of halogens is 2. The zero-order valence-corrected chi connectivity index (χ0v) is 28.5. The highest BCUT2D eigenvalue weighted by Gasteiger charge is 2.23. The molecule has 0 saturated carbocycles. The highest BCUT2D eigenvalue weighted by atomic mass is 35.5. The van der Waals surface area contributed by atoms with Gasteiger partial charge in [-0.25, -0.2) is 0 Å². The summed E-state index contributed by atoms with van der Waals surface area (Å²) in [5.41, 5.74) is 19.3. The molecule has 248 valence electrons. The summed E-state index contributed by atoms with van der Waals surface area (Å²) in [4.78, 5) is 5.17. The van der Waals surface area contributed by atoms with Gasteiger partial charge in [0.25, 0.3) is 0 Å². The average molecular weight is 664 g/mol. The number of anilines is 2. The Hall–Kier alpha value is -3.10. The Morgan fingerprint density at radius 2 is 0.783 bits per heavy atom. The highest BCUT2D eigenvalue weighted by Crippen LogP contribution is 2.23. The molecule has 0 unspecified atom stereocenters. The summed E-state index contributed by atoms with van der Waals surface area (Å²) in [7, 11) is 0. The third-order valence-corrected chi connectivity index (χ3v) is 8.96. The third kappa shape index (κ3) is 11.6. The molecule has 2 heterocycles. The Bertz CT molecular complexity index is 1270. The summed E-state index contributed by atoms with van der Waals surface area (Å²) in [6.07, 6.45) is 4.83. The van der Waals surface area contributed by atoms with Crippen LogP contribution in [0.5, 0.6) is 0 Å². The van der Waals surface area contributed by atoms with Crippen molar-refractivity contribution in [1.82, 2.24) is 20.4 Å². The molecule has 2 aliphatic heterocycles. The molecular formula is C38H52Cl2N6. The zero-order valence-electron chi connectivity index (χ0n) is 26.9. The number of benzene rings is 4. The maximum atomic E-state index is 6.15. The lowest BCUT2D eigenvalue weighted by Crippen LogP contribution is -2.42. The molecule has 0 bridgehead atoms. The van der Waals surface area contributed by atoms with Crippen LogP contribution >= 0.6 is 24.8 Å². The number of piperidine rings is 2. The molecule has 6 nitrogen and oxygen atoms in total. The molecule has 0 spiro atoms. The van der Waals surface area contributed by atoms with E-state index in [9.17, 15) is 0 Å². The number of hydrogen-bond donors (Lipinski definition) is 4. The molecule has 4 aromatic rings. The standard InChI is InChI=1S/2C19H25N3.2ClH/c2*20-19-9-5-4-8-17(19)15-22(18-10-12-21-13-11-18)14-16-6-2-1-3-7-16;;/h2*1-9,18,21H,10-15,20H2;2*1H. The molecule has 4 aromatic carbocycles. The van der Waals surface area contributed by atoms with Crippen molar-refractivity contribution in [3.05, 3.63) is 131 Å². The second kappa shape index (κ2) is 20.2. The molecule has 2 aliphatic rings. The molecule has 8 heteroatoms. The van der Waals surface area contributed by atoms with Gasteiger partial charge in [-0.1, -0.05) is 97.1 Å². The number of nitrogens with two attached hydrogens (primary N) is 2. The number of nitrogen functional groups attached to an aromatic ring is 2. The Balaban J connectivity index is 0.000000240. The first-order valence-electron chi connectivity index (χ1n) is 16.3. The second-order valence-corrected chi connectivity index (χ2v) is 12.1. The average Bonchev–Trinajstić information content (AvgIpc) is 3.08. The molecule has 0 radical (unpaired) electrons. The van der Waals surface area contributed by atoms with E-state index < -0.39 is 0 Å². The van der Waals surface area contributed by atoms with Crippen LogP contribution in [0.3, 0.4) is 0 Å². The first-order valence-corrected chi connectivity index (χ1v) is 16.3. The van der Waals surface area contributed by atoms with Gasteiger partial charge in [0.1, 0.15) is 0 Å². The minimum Gasteiger partial charge on any atom is -0.398 e. The zero-order chi connectivity index (χ0) is 30.4. The van der Waals surface area contributed by atoms with Gasteiger partial charge in [-0.05, 0) is 86.2 Å². The monoisotopic (exact) mass is 662 g/mol. The van der Waals surface area contributed by atoms with E-state index in [1.165, 1.54) is 47.9 Å². The van der Waals surface area contributed by atoms with Crippen LogP contribution in [0.4, 0.5) is 11.4 Å². The fraction of sp³-hybridized carbons (Fsp3) is 0.368. The van der Waals surface area contributed by atoms with Crippen LogP contribution in [0, 0.1) is 0 Å². The van der Waals surface area contributed by atoms with Crippen molar-refractivity contribution in [3.63, 3.8) is 0 Å². The Kier molecular flexibility index (Phi) is 16.4. The van der Waals surface area contributed by atoms with Gasteiger partial charge < -0.3 is 22.1 Å². The molecule has 0 amide bonds. The topological polar surface area (TPSA) is 82.6 Å². The second-order valence-electron chi connectivity index (χ2n) is 12.1.